The molecule has 0 amide bonds. The Hall–Kier alpha value is -1.13. The summed E-state index contributed by atoms with van der Waals surface area (Å²) in [5.74, 6) is 0.863. The van der Waals surface area contributed by atoms with Gasteiger partial charge in [0.15, 0.2) is 0 Å². The van der Waals surface area contributed by atoms with Crippen LogP contribution >= 0.6 is 15.9 Å². The highest BCUT2D eigenvalue weighted by molar-refractivity contribution is 9.10. The molecule has 2 nitrogen and oxygen atoms in total. The van der Waals surface area contributed by atoms with Gasteiger partial charge in [0.2, 0.25) is 0 Å². The molecule has 0 radical (unpaired) electrons. The molecule has 0 bridgehead atoms. The van der Waals surface area contributed by atoms with Crippen molar-refractivity contribution in [3.63, 3.8) is 0 Å². The van der Waals surface area contributed by atoms with Gasteiger partial charge in [-0.3, -0.25) is 0 Å². The molecule has 0 aliphatic heterocycles. The molecule has 1 atom stereocenters. The molecule has 0 saturated heterocycles. The van der Waals surface area contributed by atoms with E-state index in [1.807, 2.05) is 0 Å². The second-order valence-electron chi connectivity index (χ2n) is 3.90. The smallest absolute Gasteiger partial charge is 0.132 e. The van der Waals surface area contributed by atoms with E-state index < -0.39 is 6.10 Å². The zero-order valence-corrected chi connectivity index (χ0v) is 10.9. The van der Waals surface area contributed by atoms with Gasteiger partial charge < -0.3 is 9.52 Å². The molecular weight excluding hydrogens is 287 g/mol. The highest BCUT2D eigenvalue weighted by Gasteiger charge is 2.14. The van der Waals surface area contributed by atoms with Crippen LogP contribution in [0.1, 0.15) is 23.2 Å². The molecule has 1 aromatic heterocycles. The number of furan rings is 1. The Morgan fingerprint density at radius 2 is 2.12 bits per heavy atom. The molecule has 90 valence electrons. The summed E-state index contributed by atoms with van der Waals surface area (Å²) >= 11 is 3.19. The van der Waals surface area contributed by atoms with Gasteiger partial charge in [0.05, 0.1) is 0 Å². The lowest BCUT2D eigenvalue weighted by Crippen LogP contribution is -2.02. The maximum absolute atomic E-state index is 13.6. The monoisotopic (exact) mass is 298 g/mol. The molecule has 1 unspecified atom stereocenters. The van der Waals surface area contributed by atoms with Crippen molar-refractivity contribution in [2.75, 3.05) is 0 Å². The second-order valence-corrected chi connectivity index (χ2v) is 4.82. The predicted octanol–water partition coefficient (Wildman–Crippen LogP) is 3.77. The average Bonchev–Trinajstić information content (AvgIpc) is 2.69. The number of hydrogen-bond donors (Lipinski definition) is 1. The maximum atomic E-state index is 13.6. The highest BCUT2D eigenvalue weighted by Crippen LogP contribution is 2.23. The minimum Gasteiger partial charge on any atom is -0.464 e. The van der Waals surface area contributed by atoms with E-state index in [9.17, 15) is 9.50 Å². The zero-order valence-electron chi connectivity index (χ0n) is 9.28. The van der Waals surface area contributed by atoms with Crippen LogP contribution in [-0.4, -0.2) is 5.11 Å². The lowest BCUT2D eigenvalue weighted by atomic mass is 10.1. The molecular formula is C13H12BrFO2. The van der Waals surface area contributed by atoms with Crippen LogP contribution < -0.4 is 0 Å². The minimum atomic E-state index is -0.820. The molecule has 1 heterocycles. The first-order chi connectivity index (χ1) is 8.06. The topological polar surface area (TPSA) is 33.4 Å². The minimum absolute atomic E-state index is 0.200. The van der Waals surface area contributed by atoms with Gasteiger partial charge in [-0.25, -0.2) is 4.39 Å². The first-order valence-electron chi connectivity index (χ1n) is 5.24. The molecule has 1 N–H and O–H groups in total. The van der Waals surface area contributed by atoms with Gasteiger partial charge in [0, 0.05) is 10.9 Å². The van der Waals surface area contributed by atoms with E-state index in [4.69, 9.17) is 4.42 Å². The van der Waals surface area contributed by atoms with Gasteiger partial charge in [-0.2, -0.15) is 0 Å². The Balaban J connectivity index is 2.15. The van der Waals surface area contributed by atoms with Crippen LogP contribution in [0.25, 0.3) is 0 Å². The fraction of sp³-hybridized carbons (Fsp3) is 0.231. The Kier molecular flexibility index (Phi) is 3.64. The Morgan fingerprint density at radius 3 is 2.71 bits per heavy atom. The predicted molar refractivity (Wildman–Crippen MR) is 66.2 cm³/mol. The van der Waals surface area contributed by atoms with Gasteiger partial charge in [-0.15, -0.1) is 0 Å². The third-order valence-corrected chi connectivity index (χ3v) is 3.01. The van der Waals surface area contributed by atoms with Gasteiger partial charge in [0.25, 0.3) is 0 Å². The van der Waals surface area contributed by atoms with E-state index >= 15 is 0 Å². The first kappa shape index (κ1) is 12.3. The highest BCUT2D eigenvalue weighted by atomic mass is 79.9. The van der Waals surface area contributed by atoms with Crippen molar-refractivity contribution in [2.24, 2.45) is 0 Å². The molecule has 2 rings (SSSR count). The fourth-order valence-electron chi connectivity index (χ4n) is 1.63. The SMILES string of the molecule is Cc1ccc(C(O)Cc2ccc(Br)cc2F)o1. The number of aliphatic hydroxyl groups excluding tert-OH is 1. The molecule has 2 aromatic rings. The molecule has 1 aromatic carbocycles. The Labute approximate surface area is 107 Å². The van der Waals surface area contributed by atoms with Crippen molar-refractivity contribution < 1.29 is 13.9 Å². The summed E-state index contributed by atoms with van der Waals surface area (Å²) < 4.78 is 19.5. The van der Waals surface area contributed by atoms with Crippen molar-refractivity contribution in [1.82, 2.24) is 0 Å². The van der Waals surface area contributed by atoms with E-state index in [-0.39, 0.29) is 12.2 Å². The first-order valence-corrected chi connectivity index (χ1v) is 6.04. The van der Waals surface area contributed by atoms with Crippen molar-refractivity contribution in [3.8, 4) is 0 Å². The normalized spacial score (nSPS) is 12.7. The number of halogens is 2. The molecule has 0 saturated carbocycles. The van der Waals surface area contributed by atoms with Crippen LogP contribution in [0, 0.1) is 12.7 Å². The van der Waals surface area contributed by atoms with Crippen LogP contribution in [0.2, 0.25) is 0 Å². The maximum Gasteiger partial charge on any atom is 0.132 e. The molecule has 4 heteroatoms. The van der Waals surface area contributed by atoms with Crippen LogP contribution in [0.5, 0.6) is 0 Å². The third-order valence-electron chi connectivity index (χ3n) is 2.52. The Morgan fingerprint density at radius 1 is 1.35 bits per heavy atom. The van der Waals surface area contributed by atoms with Gasteiger partial charge in [-0.05, 0) is 36.8 Å². The van der Waals surface area contributed by atoms with Crippen LogP contribution in [0.3, 0.4) is 0 Å². The summed E-state index contributed by atoms with van der Waals surface area (Å²) in [7, 11) is 0. The summed E-state index contributed by atoms with van der Waals surface area (Å²) in [6.45, 7) is 1.80. The van der Waals surface area contributed by atoms with Crippen LogP contribution in [0.15, 0.2) is 39.2 Å². The number of rotatable bonds is 3. The number of benzene rings is 1. The third kappa shape index (κ3) is 2.96. The number of aliphatic hydroxyl groups is 1. The number of aryl methyl sites for hydroxylation is 1. The molecule has 17 heavy (non-hydrogen) atoms. The van der Waals surface area contributed by atoms with Crippen molar-refractivity contribution in [2.45, 2.75) is 19.4 Å². The lowest BCUT2D eigenvalue weighted by Gasteiger charge is -2.09. The van der Waals surface area contributed by atoms with Crippen molar-refractivity contribution in [1.29, 1.82) is 0 Å². The largest absolute Gasteiger partial charge is 0.464 e. The molecule has 0 aliphatic carbocycles. The quantitative estimate of drug-likeness (QED) is 0.936. The summed E-state index contributed by atoms with van der Waals surface area (Å²) in [5.41, 5.74) is 0.467. The van der Waals surface area contributed by atoms with E-state index in [1.54, 1.807) is 31.2 Å². The second kappa shape index (κ2) is 5.02. The van der Waals surface area contributed by atoms with Gasteiger partial charge in [0.1, 0.15) is 23.4 Å². The van der Waals surface area contributed by atoms with Crippen LogP contribution in [-0.2, 0) is 6.42 Å². The average molecular weight is 299 g/mol. The molecule has 0 spiro atoms. The summed E-state index contributed by atoms with van der Waals surface area (Å²) in [5, 5.41) is 9.91. The number of hydrogen-bond acceptors (Lipinski definition) is 2. The molecule has 0 fully saturated rings. The van der Waals surface area contributed by atoms with E-state index in [1.165, 1.54) is 6.07 Å². The lowest BCUT2D eigenvalue weighted by molar-refractivity contribution is 0.147. The van der Waals surface area contributed by atoms with Crippen LogP contribution in [0.4, 0.5) is 4.39 Å². The van der Waals surface area contributed by atoms with Crippen molar-refractivity contribution in [3.05, 3.63) is 57.7 Å². The summed E-state index contributed by atoms with van der Waals surface area (Å²) in [6.07, 6.45) is -0.620. The van der Waals surface area contributed by atoms with E-state index in [2.05, 4.69) is 15.9 Å². The Bertz CT molecular complexity index is 522. The summed E-state index contributed by atoms with van der Waals surface area (Å²) in [4.78, 5) is 0. The van der Waals surface area contributed by atoms with Crippen molar-refractivity contribution >= 4 is 15.9 Å². The summed E-state index contributed by atoms with van der Waals surface area (Å²) in [6, 6.07) is 8.26. The fourth-order valence-corrected chi connectivity index (χ4v) is 1.96. The zero-order chi connectivity index (χ0) is 12.4. The molecule has 0 aliphatic rings. The van der Waals surface area contributed by atoms with E-state index in [0.717, 1.165) is 5.76 Å². The van der Waals surface area contributed by atoms with E-state index in [0.29, 0.717) is 15.8 Å². The standard InChI is InChI=1S/C13H12BrFO2/c1-8-2-5-13(17-8)12(16)6-9-3-4-10(14)7-11(9)15/h2-5,7,12,16H,6H2,1H3. The van der Waals surface area contributed by atoms with Gasteiger partial charge in [-0.1, -0.05) is 22.0 Å². The van der Waals surface area contributed by atoms with Gasteiger partial charge >= 0.3 is 0 Å².